The number of carbonyl (C=O) groups excluding carboxylic acids is 3. The summed E-state index contributed by atoms with van der Waals surface area (Å²) >= 11 is 0. The molecule has 0 saturated heterocycles. The lowest BCUT2D eigenvalue weighted by Gasteiger charge is -2.28. The standard InChI is InChI=1S/C22H31NO4/c1-15-8-9-17(12-16(15)2)18(24)14-27-20(26)22(10-6-7-11-22)13-19(25)23-21(3,4)5/h8-9,12H,6-7,10-11,13-14H2,1-5H3,(H,23,25). The van der Waals surface area contributed by atoms with Gasteiger partial charge in [-0.25, -0.2) is 0 Å². The Kier molecular flexibility index (Phi) is 6.45. The fourth-order valence-corrected chi connectivity index (χ4v) is 3.56. The molecule has 2 rings (SSSR count). The van der Waals surface area contributed by atoms with Crippen molar-refractivity contribution < 1.29 is 19.1 Å². The van der Waals surface area contributed by atoms with Crippen LogP contribution in [0.3, 0.4) is 0 Å². The second-order valence-corrected chi connectivity index (χ2v) is 8.76. The average molecular weight is 373 g/mol. The highest BCUT2D eigenvalue weighted by atomic mass is 16.5. The Morgan fingerprint density at radius 3 is 2.26 bits per heavy atom. The van der Waals surface area contributed by atoms with Crippen molar-refractivity contribution in [3.05, 3.63) is 34.9 Å². The van der Waals surface area contributed by atoms with Crippen LogP contribution < -0.4 is 5.32 Å². The lowest BCUT2D eigenvalue weighted by molar-refractivity contribution is -0.157. The molecule has 1 amide bonds. The van der Waals surface area contributed by atoms with Crippen LogP contribution in [0.2, 0.25) is 0 Å². The van der Waals surface area contributed by atoms with E-state index in [-0.39, 0.29) is 30.3 Å². The van der Waals surface area contributed by atoms with E-state index in [9.17, 15) is 14.4 Å². The van der Waals surface area contributed by atoms with Crippen LogP contribution >= 0.6 is 0 Å². The number of hydrogen-bond acceptors (Lipinski definition) is 4. The van der Waals surface area contributed by atoms with E-state index in [1.54, 1.807) is 6.07 Å². The summed E-state index contributed by atoms with van der Waals surface area (Å²) in [6, 6.07) is 5.45. The van der Waals surface area contributed by atoms with E-state index in [1.165, 1.54) is 0 Å². The van der Waals surface area contributed by atoms with E-state index in [1.807, 2.05) is 46.8 Å². The molecule has 0 radical (unpaired) electrons. The van der Waals surface area contributed by atoms with Gasteiger partial charge in [-0.3, -0.25) is 14.4 Å². The first-order valence-corrected chi connectivity index (χ1v) is 9.61. The third-order valence-corrected chi connectivity index (χ3v) is 5.17. The van der Waals surface area contributed by atoms with Gasteiger partial charge in [-0.1, -0.05) is 25.0 Å². The van der Waals surface area contributed by atoms with Crippen LogP contribution in [-0.2, 0) is 14.3 Å². The van der Waals surface area contributed by atoms with E-state index in [0.717, 1.165) is 24.0 Å². The first-order valence-electron chi connectivity index (χ1n) is 9.61. The number of benzene rings is 1. The molecule has 0 atom stereocenters. The first kappa shape index (κ1) is 21.1. The van der Waals surface area contributed by atoms with Crippen molar-refractivity contribution in [2.24, 2.45) is 5.41 Å². The van der Waals surface area contributed by atoms with E-state index >= 15 is 0 Å². The van der Waals surface area contributed by atoms with E-state index in [4.69, 9.17) is 4.74 Å². The van der Waals surface area contributed by atoms with Gasteiger partial charge in [0.15, 0.2) is 12.4 Å². The molecule has 27 heavy (non-hydrogen) atoms. The second-order valence-electron chi connectivity index (χ2n) is 8.76. The highest BCUT2D eigenvalue weighted by molar-refractivity contribution is 5.98. The Balaban J connectivity index is 2.01. The molecule has 1 fully saturated rings. The van der Waals surface area contributed by atoms with Crippen LogP contribution in [0.1, 0.15) is 74.4 Å². The maximum absolute atomic E-state index is 12.8. The molecule has 1 aromatic carbocycles. The zero-order valence-electron chi connectivity index (χ0n) is 17.1. The molecule has 148 valence electrons. The van der Waals surface area contributed by atoms with Crippen LogP contribution in [0.4, 0.5) is 0 Å². The molecule has 0 spiro atoms. The number of ketones is 1. The molecule has 1 N–H and O–H groups in total. The van der Waals surface area contributed by atoms with Crippen molar-refractivity contribution in [1.29, 1.82) is 0 Å². The predicted octanol–water partition coefficient (Wildman–Crippen LogP) is 3.89. The first-order chi connectivity index (χ1) is 12.5. The maximum Gasteiger partial charge on any atom is 0.313 e. The van der Waals surface area contributed by atoms with Gasteiger partial charge >= 0.3 is 5.97 Å². The minimum absolute atomic E-state index is 0.112. The molecule has 1 aliphatic rings. The molecule has 0 unspecified atom stereocenters. The van der Waals surface area contributed by atoms with Crippen molar-refractivity contribution in [2.75, 3.05) is 6.61 Å². The highest BCUT2D eigenvalue weighted by Crippen LogP contribution is 2.42. The molecule has 1 aromatic rings. The Hall–Kier alpha value is -2.17. The van der Waals surface area contributed by atoms with E-state index in [2.05, 4.69) is 5.32 Å². The quantitative estimate of drug-likeness (QED) is 0.606. The summed E-state index contributed by atoms with van der Waals surface area (Å²) in [6.45, 7) is 9.37. The number of esters is 1. The molecule has 0 aliphatic heterocycles. The summed E-state index contributed by atoms with van der Waals surface area (Å²) in [7, 11) is 0. The number of carbonyl (C=O) groups is 3. The smallest absolute Gasteiger partial charge is 0.313 e. The van der Waals surface area contributed by atoms with Gasteiger partial charge in [0.1, 0.15) is 0 Å². The van der Waals surface area contributed by atoms with Gasteiger partial charge in [-0.05, 0) is 64.7 Å². The van der Waals surface area contributed by atoms with Gasteiger partial charge in [0.25, 0.3) is 0 Å². The molecule has 1 saturated carbocycles. The Morgan fingerprint density at radius 2 is 1.70 bits per heavy atom. The zero-order chi connectivity index (χ0) is 20.2. The Morgan fingerprint density at radius 1 is 1.07 bits per heavy atom. The average Bonchev–Trinajstić information content (AvgIpc) is 3.02. The molecular formula is C22H31NO4. The van der Waals surface area contributed by atoms with Crippen LogP contribution in [-0.4, -0.2) is 29.8 Å². The number of hydrogen-bond donors (Lipinski definition) is 1. The number of aryl methyl sites for hydroxylation is 2. The number of Topliss-reactive ketones (excluding diaryl/α,β-unsaturated/α-hetero) is 1. The lowest BCUT2D eigenvalue weighted by Crippen LogP contribution is -2.44. The fourth-order valence-electron chi connectivity index (χ4n) is 3.56. The number of nitrogens with one attached hydrogen (secondary N) is 1. The molecule has 0 bridgehead atoms. The summed E-state index contributed by atoms with van der Waals surface area (Å²) in [5, 5.41) is 2.91. The monoisotopic (exact) mass is 373 g/mol. The van der Waals surface area contributed by atoms with Crippen molar-refractivity contribution in [3.63, 3.8) is 0 Å². The van der Waals surface area contributed by atoms with Crippen LogP contribution in [0.15, 0.2) is 18.2 Å². The second kappa shape index (κ2) is 8.24. The zero-order valence-corrected chi connectivity index (χ0v) is 17.1. The van der Waals surface area contributed by atoms with Gasteiger partial charge in [-0.2, -0.15) is 0 Å². The topological polar surface area (TPSA) is 72.5 Å². The summed E-state index contributed by atoms with van der Waals surface area (Å²) < 4.78 is 5.38. The van der Waals surface area contributed by atoms with Gasteiger partial charge in [0.05, 0.1) is 5.41 Å². The number of amides is 1. The molecule has 5 heteroatoms. The minimum atomic E-state index is -0.807. The molecule has 0 aromatic heterocycles. The van der Waals surface area contributed by atoms with Gasteiger partial charge in [-0.15, -0.1) is 0 Å². The number of ether oxygens (including phenoxy) is 1. The molecule has 0 heterocycles. The Labute approximate surface area is 161 Å². The summed E-state index contributed by atoms with van der Waals surface area (Å²) in [5.74, 6) is -0.804. The summed E-state index contributed by atoms with van der Waals surface area (Å²) in [4.78, 5) is 37.5. The fraction of sp³-hybridized carbons (Fsp3) is 0.591. The summed E-state index contributed by atoms with van der Waals surface area (Å²) in [6.07, 6.45) is 3.15. The van der Waals surface area contributed by atoms with Crippen LogP contribution in [0.25, 0.3) is 0 Å². The van der Waals surface area contributed by atoms with Gasteiger partial charge in [0.2, 0.25) is 5.91 Å². The van der Waals surface area contributed by atoms with Gasteiger partial charge < -0.3 is 10.1 Å². The van der Waals surface area contributed by atoms with Crippen molar-refractivity contribution >= 4 is 17.7 Å². The number of rotatable bonds is 6. The molecular weight excluding hydrogens is 342 g/mol. The normalized spacial score (nSPS) is 16.0. The van der Waals surface area contributed by atoms with Crippen molar-refractivity contribution in [3.8, 4) is 0 Å². The molecule has 1 aliphatic carbocycles. The molecule has 5 nitrogen and oxygen atoms in total. The predicted molar refractivity (Wildman–Crippen MR) is 105 cm³/mol. The van der Waals surface area contributed by atoms with Crippen molar-refractivity contribution in [2.45, 2.75) is 72.3 Å². The Bertz CT molecular complexity index is 724. The summed E-state index contributed by atoms with van der Waals surface area (Å²) in [5.41, 5.74) is 1.52. The highest BCUT2D eigenvalue weighted by Gasteiger charge is 2.44. The van der Waals surface area contributed by atoms with E-state index < -0.39 is 11.4 Å². The minimum Gasteiger partial charge on any atom is -0.457 e. The van der Waals surface area contributed by atoms with Crippen molar-refractivity contribution in [1.82, 2.24) is 5.32 Å². The lowest BCUT2D eigenvalue weighted by atomic mass is 9.82. The van der Waals surface area contributed by atoms with Gasteiger partial charge in [0, 0.05) is 17.5 Å². The van der Waals surface area contributed by atoms with Crippen LogP contribution in [0, 0.1) is 19.3 Å². The maximum atomic E-state index is 12.8. The largest absolute Gasteiger partial charge is 0.457 e. The SMILES string of the molecule is Cc1ccc(C(=O)COC(=O)C2(CC(=O)NC(C)(C)C)CCCC2)cc1C. The van der Waals surface area contributed by atoms with E-state index in [0.29, 0.717) is 18.4 Å². The van der Waals surface area contributed by atoms with Crippen LogP contribution in [0.5, 0.6) is 0 Å². The third kappa shape index (κ3) is 5.65. The third-order valence-electron chi connectivity index (χ3n) is 5.17.